The molecule has 3 heterocycles. The first kappa shape index (κ1) is 23.9. The zero-order valence-corrected chi connectivity index (χ0v) is 20.8. The number of sulfonamides is 1. The highest BCUT2D eigenvalue weighted by Crippen LogP contribution is 2.34. The minimum absolute atomic E-state index is 0.117. The van der Waals surface area contributed by atoms with Gasteiger partial charge in [0.1, 0.15) is 0 Å². The van der Waals surface area contributed by atoms with Crippen LogP contribution in [0.15, 0.2) is 39.8 Å². The van der Waals surface area contributed by atoms with Crippen molar-refractivity contribution in [3.05, 3.63) is 51.7 Å². The molecule has 0 aliphatic carbocycles. The number of nitrogens with zero attached hydrogens (tertiary/aromatic N) is 3. The molecule has 1 aliphatic rings. The molecule has 3 aromatic rings. The molecule has 176 valence electrons. The Balaban J connectivity index is 1.40. The number of nitrogens with one attached hydrogen (secondary N) is 1. The van der Waals surface area contributed by atoms with Crippen LogP contribution in [0, 0.1) is 19.8 Å². The Labute approximate surface area is 202 Å². The van der Waals surface area contributed by atoms with Crippen molar-refractivity contribution >= 4 is 38.9 Å². The standard InChI is InChI=1S/C22H25ClN4O4S2/c1-14-20(12-19(32-14)21-25-15(2)31-26-21)33(29,30)27-11-3-4-17(13-27)22(28)24-10-9-16-5-7-18(23)8-6-16/h5-8,12,17H,3-4,9-11,13H2,1-2H3,(H,24,28)/t17-/m0/s1. The molecule has 4 rings (SSSR count). The number of carbonyl (C=O) groups is 1. The van der Waals surface area contributed by atoms with E-state index in [1.54, 1.807) is 19.9 Å². The number of carbonyl (C=O) groups excluding carboxylic acids is 1. The zero-order chi connectivity index (χ0) is 23.6. The minimum atomic E-state index is -3.74. The molecule has 0 bridgehead atoms. The highest BCUT2D eigenvalue weighted by atomic mass is 35.5. The lowest BCUT2D eigenvalue weighted by atomic mass is 9.99. The molecule has 0 radical (unpaired) electrons. The number of halogens is 1. The number of hydrogen-bond acceptors (Lipinski definition) is 7. The minimum Gasteiger partial charge on any atom is -0.355 e. The van der Waals surface area contributed by atoms with Gasteiger partial charge in [0, 0.05) is 36.5 Å². The van der Waals surface area contributed by atoms with Crippen molar-refractivity contribution in [3.63, 3.8) is 0 Å². The van der Waals surface area contributed by atoms with Crippen molar-refractivity contribution in [2.24, 2.45) is 5.92 Å². The van der Waals surface area contributed by atoms with Crippen LogP contribution in [0.3, 0.4) is 0 Å². The third-order valence-electron chi connectivity index (χ3n) is 5.62. The number of aromatic nitrogens is 2. The average Bonchev–Trinajstić information content (AvgIpc) is 3.41. The normalized spacial score (nSPS) is 17.2. The molecule has 1 fully saturated rings. The third-order valence-corrected chi connectivity index (χ3v) is 9.04. The van der Waals surface area contributed by atoms with Gasteiger partial charge in [-0.2, -0.15) is 9.29 Å². The van der Waals surface area contributed by atoms with Gasteiger partial charge in [-0.3, -0.25) is 4.79 Å². The second kappa shape index (κ2) is 9.92. The first-order chi connectivity index (χ1) is 15.7. The van der Waals surface area contributed by atoms with Crippen molar-refractivity contribution in [3.8, 4) is 10.7 Å². The van der Waals surface area contributed by atoms with Crippen LogP contribution in [0.5, 0.6) is 0 Å². The van der Waals surface area contributed by atoms with Crippen molar-refractivity contribution < 1.29 is 17.7 Å². The number of aryl methyl sites for hydroxylation is 2. The number of thiophene rings is 1. The van der Waals surface area contributed by atoms with E-state index in [1.807, 2.05) is 24.3 Å². The Morgan fingerprint density at radius 1 is 1.30 bits per heavy atom. The van der Waals surface area contributed by atoms with E-state index in [4.69, 9.17) is 16.1 Å². The number of benzene rings is 1. The first-order valence-electron chi connectivity index (χ1n) is 10.7. The predicted octanol–water partition coefficient (Wildman–Crippen LogP) is 3.83. The highest BCUT2D eigenvalue weighted by Gasteiger charge is 2.35. The van der Waals surface area contributed by atoms with Crippen LogP contribution in [0.4, 0.5) is 0 Å². The van der Waals surface area contributed by atoms with Gasteiger partial charge < -0.3 is 9.84 Å². The van der Waals surface area contributed by atoms with E-state index in [0.29, 0.717) is 58.8 Å². The summed E-state index contributed by atoms with van der Waals surface area (Å²) in [7, 11) is -3.74. The molecular formula is C22H25ClN4O4S2. The first-order valence-corrected chi connectivity index (χ1v) is 13.3. The fourth-order valence-corrected chi connectivity index (χ4v) is 7.01. The number of rotatable bonds is 7. The average molecular weight is 509 g/mol. The number of piperidine rings is 1. The van der Waals surface area contributed by atoms with Gasteiger partial charge in [0.25, 0.3) is 0 Å². The summed E-state index contributed by atoms with van der Waals surface area (Å²) >= 11 is 7.21. The summed E-state index contributed by atoms with van der Waals surface area (Å²) in [5.74, 6) is 0.297. The van der Waals surface area contributed by atoms with E-state index < -0.39 is 10.0 Å². The molecule has 1 amide bonds. The summed E-state index contributed by atoms with van der Waals surface area (Å²) in [6, 6.07) is 9.09. The highest BCUT2D eigenvalue weighted by molar-refractivity contribution is 7.89. The van der Waals surface area contributed by atoms with E-state index in [2.05, 4.69) is 15.5 Å². The summed E-state index contributed by atoms with van der Waals surface area (Å²) in [6.45, 7) is 4.49. The molecule has 1 atom stereocenters. The van der Waals surface area contributed by atoms with Gasteiger partial charge >= 0.3 is 0 Å². The maximum atomic E-state index is 13.4. The van der Waals surface area contributed by atoms with Crippen LogP contribution >= 0.6 is 22.9 Å². The SMILES string of the molecule is Cc1nc(-c2cc(S(=O)(=O)N3CCC[C@H](C(=O)NCCc4ccc(Cl)cc4)C3)c(C)s2)no1. The molecule has 1 N–H and O–H groups in total. The van der Waals surface area contributed by atoms with E-state index in [-0.39, 0.29) is 23.3 Å². The molecule has 8 nitrogen and oxygen atoms in total. The summed E-state index contributed by atoms with van der Waals surface area (Å²) < 4.78 is 33.2. The van der Waals surface area contributed by atoms with E-state index >= 15 is 0 Å². The molecule has 33 heavy (non-hydrogen) atoms. The fourth-order valence-electron chi connectivity index (χ4n) is 3.87. The van der Waals surface area contributed by atoms with Gasteiger partial charge in [0.2, 0.25) is 27.6 Å². The molecule has 1 saturated heterocycles. The van der Waals surface area contributed by atoms with Gasteiger partial charge in [-0.1, -0.05) is 28.9 Å². The van der Waals surface area contributed by atoms with Gasteiger partial charge in [0.15, 0.2) is 0 Å². The van der Waals surface area contributed by atoms with Crippen LogP contribution in [0.2, 0.25) is 5.02 Å². The molecule has 1 aliphatic heterocycles. The molecule has 2 aromatic heterocycles. The molecular weight excluding hydrogens is 484 g/mol. The monoisotopic (exact) mass is 508 g/mol. The van der Waals surface area contributed by atoms with E-state index in [9.17, 15) is 13.2 Å². The topological polar surface area (TPSA) is 105 Å². The summed E-state index contributed by atoms with van der Waals surface area (Å²) in [5, 5.41) is 7.50. The van der Waals surface area contributed by atoms with Crippen LogP contribution < -0.4 is 5.32 Å². The molecule has 11 heteroatoms. The Hall–Kier alpha value is -2.27. The lowest BCUT2D eigenvalue weighted by Crippen LogP contribution is -2.45. The van der Waals surface area contributed by atoms with Crippen molar-refractivity contribution in [1.29, 1.82) is 0 Å². The summed E-state index contributed by atoms with van der Waals surface area (Å²) in [4.78, 5) is 18.4. The maximum absolute atomic E-state index is 13.4. The van der Waals surface area contributed by atoms with Gasteiger partial charge in [-0.05, 0) is 49.9 Å². The smallest absolute Gasteiger partial charge is 0.244 e. The summed E-state index contributed by atoms with van der Waals surface area (Å²) in [6.07, 6.45) is 1.98. The Morgan fingerprint density at radius 2 is 2.06 bits per heavy atom. The Morgan fingerprint density at radius 3 is 2.76 bits per heavy atom. The third kappa shape index (κ3) is 5.46. The lowest BCUT2D eigenvalue weighted by molar-refractivity contribution is -0.126. The predicted molar refractivity (Wildman–Crippen MR) is 127 cm³/mol. The van der Waals surface area contributed by atoms with Crippen molar-refractivity contribution in [2.75, 3.05) is 19.6 Å². The number of amides is 1. The fraction of sp³-hybridized carbons (Fsp3) is 0.409. The second-order valence-electron chi connectivity index (χ2n) is 8.04. The van der Waals surface area contributed by atoms with Crippen LogP contribution in [0.1, 0.15) is 29.2 Å². The number of hydrogen-bond donors (Lipinski definition) is 1. The van der Waals surface area contributed by atoms with Crippen molar-refractivity contribution in [1.82, 2.24) is 19.8 Å². The lowest BCUT2D eigenvalue weighted by Gasteiger charge is -2.31. The Bertz CT molecular complexity index is 1240. The van der Waals surface area contributed by atoms with Crippen LogP contribution in [-0.4, -0.2) is 48.4 Å². The molecule has 1 aromatic carbocycles. The second-order valence-corrected chi connectivity index (χ2v) is 11.6. The molecule has 0 saturated carbocycles. The van der Waals surface area contributed by atoms with Gasteiger partial charge in [-0.25, -0.2) is 8.42 Å². The quantitative estimate of drug-likeness (QED) is 0.520. The van der Waals surface area contributed by atoms with Gasteiger partial charge in [-0.15, -0.1) is 11.3 Å². The van der Waals surface area contributed by atoms with Crippen LogP contribution in [0.25, 0.3) is 10.7 Å². The van der Waals surface area contributed by atoms with Crippen molar-refractivity contribution in [2.45, 2.75) is 38.0 Å². The largest absolute Gasteiger partial charge is 0.355 e. The molecule has 0 spiro atoms. The van der Waals surface area contributed by atoms with E-state index in [0.717, 1.165) is 5.56 Å². The summed E-state index contributed by atoms with van der Waals surface area (Å²) in [5.41, 5.74) is 1.08. The maximum Gasteiger partial charge on any atom is 0.244 e. The molecule has 0 unspecified atom stereocenters. The Kier molecular flexibility index (Phi) is 7.18. The van der Waals surface area contributed by atoms with Crippen LogP contribution in [-0.2, 0) is 21.2 Å². The van der Waals surface area contributed by atoms with Gasteiger partial charge in [0.05, 0.1) is 15.7 Å². The zero-order valence-electron chi connectivity index (χ0n) is 18.4. The van der Waals surface area contributed by atoms with E-state index in [1.165, 1.54) is 15.6 Å².